The lowest BCUT2D eigenvalue weighted by Crippen LogP contribution is -2.28. The van der Waals surface area contributed by atoms with Crippen molar-refractivity contribution in [2.75, 3.05) is 5.32 Å². The fourth-order valence-corrected chi connectivity index (χ4v) is 3.14. The van der Waals surface area contributed by atoms with E-state index >= 15 is 0 Å². The van der Waals surface area contributed by atoms with Gasteiger partial charge in [0.2, 0.25) is 0 Å². The van der Waals surface area contributed by atoms with Gasteiger partial charge in [0.05, 0.1) is 0 Å². The van der Waals surface area contributed by atoms with Crippen LogP contribution in [0.5, 0.6) is 0 Å². The van der Waals surface area contributed by atoms with E-state index in [1.807, 2.05) is 30.8 Å². The molecule has 2 amide bonds. The highest BCUT2D eigenvalue weighted by atomic mass is 32.2. The normalized spacial score (nSPS) is 11.8. The molecule has 5 heteroatoms. The number of halogens is 1. The summed E-state index contributed by atoms with van der Waals surface area (Å²) >= 11 is 1.84. The standard InChI is InChI=1S/C19H23FN2OS/c1-4-14(3)24-17-9-10-18(13(2)11-17)22-19(23)21-12-15-5-7-16(20)8-6-15/h5-11,14H,4,12H2,1-3H3,(H2,21,22,23). The molecule has 0 bridgehead atoms. The number of hydrogen-bond donors (Lipinski definition) is 2. The Hall–Kier alpha value is -2.01. The number of carbonyl (C=O) groups is 1. The molecule has 0 radical (unpaired) electrons. The predicted molar refractivity (Wildman–Crippen MR) is 99.0 cm³/mol. The number of carbonyl (C=O) groups excluding carboxylic acids is 1. The Balaban J connectivity index is 1.90. The molecule has 0 saturated carbocycles. The van der Waals surface area contributed by atoms with E-state index in [2.05, 4.69) is 30.5 Å². The highest BCUT2D eigenvalue weighted by Gasteiger charge is 2.07. The van der Waals surface area contributed by atoms with E-state index in [0.717, 1.165) is 23.2 Å². The number of aryl methyl sites for hydroxylation is 1. The number of hydrogen-bond acceptors (Lipinski definition) is 2. The quantitative estimate of drug-likeness (QED) is 0.693. The number of benzene rings is 2. The zero-order chi connectivity index (χ0) is 17.5. The van der Waals surface area contributed by atoms with Crippen LogP contribution in [-0.4, -0.2) is 11.3 Å². The van der Waals surface area contributed by atoms with Gasteiger partial charge in [-0.25, -0.2) is 9.18 Å². The lowest BCUT2D eigenvalue weighted by atomic mass is 10.2. The van der Waals surface area contributed by atoms with Gasteiger partial charge >= 0.3 is 6.03 Å². The van der Waals surface area contributed by atoms with Crippen LogP contribution < -0.4 is 10.6 Å². The Morgan fingerprint density at radius 2 is 1.92 bits per heavy atom. The third-order valence-electron chi connectivity index (χ3n) is 3.72. The number of nitrogens with one attached hydrogen (secondary N) is 2. The second-order valence-corrected chi connectivity index (χ2v) is 7.26. The zero-order valence-electron chi connectivity index (χ0n) is 14.2. The SMILES string of the molecule is CCC(C)Sc1ccc(NC(=O)NCc2ccc(F)cc2)c(C)c1. The van der Waals surface area contributed by atoms with E-state index in [1.165, 1.54) is 17.0 Å². The first kappa shape index (κ1) is 18.3. The largest absolute Gasteiger partial charge is 0.334 e. The van der Waals surface area contributed by atoms with Gasteiger partial charge in [-0.3, -0.25) is 0 Å². The molecule has 0 aromatic heterocycles. The molecular weight excluding hydrogens is 323 g/mol. The summed E-state index contributed by atoms with van der Waals surface area (Å²) in [5, 5.41) is 6.20. The molecule has 2 rings (SSSR count). The van der Waals surface area contributed by atoms with Crippen molar-refractivity contribution in [1.82, 2.24) is 5.32 Å². The Morgan fingerprint density at radius 3 is 2.54 bits per heavy atom. The average molecular weight is 346 g/mol. The molecule has 0 aliphatic rings. The molecule has 0 aliphatic carbocycles. The third kappa shape index (κ3) is 5.57. The second-order valence-electron chi connectivity index (χ2n) is 5.75. The fraction of sp³-hybridized carbons (Fsp3) is 0.316. The number of amides is 2. The first-order valence-electron chi connectivity index (χ1n) is 8.04. The highest BCUT2D eigenvalue weighted by Crippen LogP contribution is 2.28. The van der Waals surface area contributed by atoms with Gasteiger partial charge in [0.25, 0.3) is 0 Å². The molecule has 0 heterocycles. The van der Waals surface area contributed by atoms with Gasteiger partial charge in [-0.2, -0.15) is 0 Å². The van der Waals surface area contributed by atoms with Crippen LogP contribution >= 0.6 is 11.8 Å². The van der Waals surface area contributed by atoms with Crippen molar-refractivity contribution in [2.24, 2.45) is 0 Å². The van der Waals surface area contributed by atoms with Gasteiger partial charge in [0.15, 0.2) is 0 Å². The molecule has 0 aliphatic heterocycles. The number of urea groups is 1. The van der Waals surface area contributed by atoms with Crippen LogP contribution in [0.2, 0.25) is 0 Å². The Labute approximate surface area is 147 Å². The molecule has 0 fully saturated rings. The maximum Gasteiger partial charge on any atom is 0.319 e. The smallest absolute Gasteiger partial charge is 0.319 e. The summed E-state index contributed by atoms with van der Waals surface area (Å²) < 4.78 is 12.9. The van der Waals surface area contributed by atoms with E-state index in [4.69, 9.17) is 0 Å². The average Bonchev–Trinajstić information content (AvgIpc) is 2.56. The van der Waals surface area contributed by atoms with Gasteiger partial charge < -0.3 is 10.6 Å². The Bertz CT molecular complexity index is 688. The lowest BCUT2D eigenvalue weighted by Gasteiger charge is -2.13. The van der Waals surface area contributed by atoms with Crippen LogP contribution in [0.4, 0.5) is 14.9 Å². The Kier molecular flexibility index (Phi) is 6.67. The first-order chi connectivity index (χ1) is 11.5. The van der Waals surface area contributed by atoms with E-state index in [1.54, 1.807) is 12.1 Å². The summed E-state index contributed by atoms with van der Waals surface area (Å²) in [6, 6.07) is 11.8. The van der Waals surface area contributed by atoms with Crippen molar-refractivity contribution in [1.29, 1.82) is 0 Å². The van der Waals surface area contributed by atoms with Crippen molar-refractivity contribution in [3.8, 4) is 0 Å². The summed E-state index contributed by atoms with van der Waals surface area (Å²) in [5.74, 6) is -0.283. The van der Waals surface area contributed by atoms with Crippen molar-refractivity contribution in [3.05, 3.63) is 59.4 Å². The summed E-state index contributed by atoms with van der Waals surface area (Å²) in [7, 11) is 0. The van der Waals surface area contributed by atoms with Gasteiger partial charge in [-0.15, -0.1) is 11.8 Å². The molecule has 0 spiro atoms. The maximum atomic E-state index is 12.9. The molecule has 2 N–H and O–H groups in total. The molecule has 2 aromatic rings. The minimum Gasteiger partial charge on any atom is -0.334 e. The minimum atomic E-state index is -0.283. The molecular formula is C19H23FN2OS. The second kappa shape index (κ2) is 8.73. The molecule has 128 valence electrons. The van der Waals surface area contributed by atoms with Crippen LogP contribution in [0, 0.1) is 12.7 Å². The van der Waals surface area contributed by atoms with Gasteiger partial charge in [0.1, 0.15) is 5.82 Å². The molecule has 1 atom stereocenters. The van der Waals surface area contributed by atoms with Crippen molar-refractivity contribution < 1.29 is 9.18 Å². The maximum absolute atomic E-state index is 12.9. The van der Waals surface area contributed by atoms with Crippen LogP contribution in [0.15, 0.2) is 47.4 Å². The fourth-order valence-electron chi connectivity index (χ4n) is 2.12. The Morgan fingerprint density at radius 1 is 1.21 bits per heavy atom. The number of anilines is 1. The van der Waals surface area contributed by atoms with Gasteiger partial charge in [-0.1, -0.05) is 26.0 Å². The number of thioether (sulfide) groups is 1. The lowest BCUT2D eigenvalue weighted by molar-refractivity contribution is 0.251. The van der Waals surface area contributed by atoms with Crippen molar-refractivity contribution in [2.45, 2.75) is 43.9 Å². The van der Waals surface area contributed by atoms with Crippen LogP contribution in [-0.2, 0) is 6.54 Å². The van der Waals surface area contributed by atoms with E-state index in [-0.39, 0.29) is 11.8 Å². The van der Waals surface area contributed by atoms with Crippen LogP contribution in [0.3, 0.4) is 0 Å². The van der Waals surface area contributed by atoms with Crippen molar-refractivity contribution in [3.63, 3.8) is 0 Å². The van der Waals surface area contributed by atoms with Crippen LogP contribution in [0.25, 0.3) is 0 Å². The first-order valence-corrected chi connectivity index (χ1v) is 8.92. The van der Waals surface area contributed by atoms with Gasteiger partial charge in [-0.05, 0) is 54.8 Å². The van der Waals surface area contributed by atoms with E-state index in [9.17, 15) is 9.18 Å². The summed E-state index contributed by atoms with van der Waals surface area (Å²) in [6.07, 6.45) is 1.12. The molecule has 3 nitrogen and oxygen atoms in total. The topological polar surface area (TPSA) is 41.1 Å². The predicted octanol–water partition coefficient (Wildman–Crippen LogP) is 5.35. The number of rotatable bonds is 6. The molecule has 0 saturated heterocycles. The van der Waals surface area contributed by atoms with Gasteiger partial charge in [0, 0.05) is 22.4 Å². The van der Waals surface area contributed by atoms with E-state index in [0.29, 0.717) is 11.8 Å². The highest BCUT2D eigenvalue weighted by molar-refractivity contribution is 7.99. The minimum absolute atomic E-state index is 0.273. The van der Waals surface area contributed by atoms with E-state index < -0.39 is 0 Å². The van der Waals surface area contributed by atoms with Crippen LogP contribution in [0.1, 0.15) is 31.4 Å². The molecule has 2 aromatic carbocycles. The summed E-state index contributed by atoms with van der Waals surface area (Å²) in [4.78, 5) is 13.2. The summed E-state index contributed by atoms with van der Waals surface area (Å²) in [5.41, 5.74) is 2.67. The summed E-state index contributed by atoms with van der Waals surface area (Å²) in [6.45, 7) is 6.71. The molecule has 1 unspecified atom stereocenters. The third-order valence-corrected chi connectivity index (χ3v) is 4.99. The molecule has 24 heavy (non-hydrogen) atoms. The zero-order valence-corrected chi connectivity index (χ0v) is 15.0. The van der Waals surface area contributed by atoms with Crippen molar-refractivity contribution >= 4 is 23.5 Å². The monoisotopic (exact) mass is 346 g/mol.